The van der Waals surface area contributed by atoms with Gasteiger partial charge in [-0.3, -0.25) is 9.59 Å². The maximum Gasteiger partial charge on any atom is 0.311 e. The molecule has 2 fully saturated rings. The van der Waals surface area contributed by atoms with Crippen molar-refractivity contribution in [3.8, 4) is 0 Å². The largest absolute Gasteiger partial charge is 0.378 e. The molecule has 2 amide bonds. The average Bonchev–Trinajstić information content (AvgIpc) is 2.76. The molecule has 114 valence electrons. The van der Waals surface area contributed by atoms with Gasteiger partial charge in [0.1, 0.15) is 0 Å². The van der Waals surface area contributed by atoms with E-state index in [4.69, 9.17) is 4.74 Å². The second-order valence-electron chi connectivity index (χ2n) is 5.43. The number of nitrogens with zero attached hydrogens (tertiary/aromatic N) is 1. The smallest absolute Gasteiger partial charge is 0.311 e. The van der Waals surface area contributed by atoms with Crippen molar-refractivity contribution in [2.45, 2.75) is 38.2 Å². The van der Waals surface area contributed by atoms with E-state index in [2.05, 4.69) is 10.6 Å². The van der Waals surface area contributed by atoms with Gasteiger partial charge in [-0.25, -0.2) is 0 Å². The first kappa shape index (κ1) is 15.3. The molecule has 6 heteroatoms. The summed E-state index contributed by atoms with van der Waals surface area (Å²) in [4.78, 5) is 25.5. The Balaban J connectivity index is 1.66. The van der Waals surface area contributed by atoms with Crippen LogP contribution in [0, 0.1) is 0 Å². The van der Waals surface area contributed by atoms with E-state index < -0.39 is 11.8 Å². The molecule has 0 aromatic carbocycles. The first-order chi connectivity index (χ1) is 9.77. The van der Waals surface area contributed by atoms with E-state index in [1.807, 2.05) is 0 Å². The molecule has 0 saturated carbocycles. The van der Waals surface area contributed by atoms with Crippen LogP contribution in [0.5, 0.6) is 0 Å². The summed E-state index contributed by atoms with van der Waals surface area (Å²) in [5.74, 6) is -0.888. The highest BCUT2D eigenvalue weighted by Gasteiger charge is 2.22. The van der Waals surface area contributed by atoms with Gasteiger partial charge >= 0.3 is 11.8 Å². The molecule has 2 aliphatic heterocycles. The number of hydrogen-bond acceptors (Lipinski definition) is 4. The molecule has 6 nitrogen and oxygen atoms in total. The molecule has 1 unspecified atom stereocenters. The Bertz CT molecular complexity index is 322. The highest BCUT2D eigenvalue weighted by atomic mass is 16.5. The van der Waals surface area contributed by atoms with E-state index in [9.17, 15) is 9.59 Å². The first-order valence-corrected chi connectivity index (χ1v) is 7.67. The predicted octanol–water partition coefficient (Wildman–Crippen LogP) is -0.116. The Morgan fingerprint density at radius 2 is 2.10 bits per heavy atom. The maximum absolute atomic E-state index is 12.0. The third-order valence-electron chi connectivity index (χ3n) is 3.85. The van der Waals surface area contributed by atoms with Gasteiger partial charge in [0.25, 0.3) is 0 Å². The molecule has 2 rings (SSSR count). The van der Waals surface area contributed by atoms with Crippen molar-refractivity contribution in [3.63, 3.8) is 0 Å². The SMILES string of the molecule is O=C(NCCC1CCCCO1)C(=O)N1CCCNCC1. The van der Waals surface area contributed by atoms with E-state index in [1.54, 1.807) is 4.90 Å². The lowest BCUT2D eigenvalue weighted by atomic mass is 10.1. The van der Waals surface area contributed by atoms with Crippen molar-refractivity contribution in [1.82, 2.24) is 15.5 Å². The van der Waals surface area contributed by atoms with Gasteiger partial charge in [0.05, 0.1) is 6.10 Å². The molecule has 0 aliphatic carbocycles. The lowest BCUT2D eigenvalue weighted by Gasteiger charge is -2.23. The molecule has 20 heavy (non-hydrogen) atoms. The van der Waals surface area contributed by atoms with Crippen molar-refractivity contribution in [2.75, 3.05) is 39.3 Å². The normalized spacial score (nSPS) is 24.0. The standard InChI is InChI=1S/C14H25N3O3/c18-13(14(19)17-9-3-6-15-8-10-17)16-7-5-12-4-1-2-11-20-12/h12,15H,1-11H2,(H,16,18). The van der Waals surface area contributed by atoms with Crippen LogP contribution in [0.3, 0.4) is 0 Å². The Hall–Kier alpha value is -1.14. The molecule has 2 aliphatic rings. The van der Waals surface area contributed by atoms with Crippen molar-refractivity contribution < 1.29 is 14.3 Å². The molecule has 2 saturated heterocycles. The van der Waals surface area contributed by atoms with Crippen LogP contribution in [0.2, 0.25) is 0 Å². The first-order valence-electron chi connectivity index (χ1n) is 7.67. The zero-order valence-electron chi connectivity index (χ0n) is 12.0. The fourth-order valence-corrected chi connectivity index (χ4v) is 2.65. The minimum atomic E-state index is -0.484. The monoisotopic (exact) mass is 283 g/mol. The van der Waals surface area contributed by atoms with Crippen molar-refractivity contribution in [3.05, 3.63) is 0 Å². The summed E-state index contributed by atoms with van der Waals surface area (Å²) in [5.41, 5.74) is 0. The van der Waals surface area contributed by atoms with Crippen LogP contribution in [0.4, 0.5) is 0 Å². The van der Waals surface area contributed by atoms with Crippen LogP contribution in [-0.4, -0.2) is 62.1 Å². The summed E-state index contributed by atoms with van der Waals surface area (Å²) in [5, 5.41) is 5.93. The number of carbonyl (C=O) groups excluding carboxylic acids is 2. The highest BCUT2D eigenvalue weighted by molar-refractivity contribution is 6.35. The number of carbonyl (C=O) groups is 2. The number of rotatable bonds is 3. The minimum absolute atomic E-state index is 0.238. The van der Waals surface area contributed by atoms with Crippen molar-refractivity contribution in [2.24, 2.45) is 0 Å². The maximum atomic E-state index is 12.0. The third kappa shape index (κ3) is 4.76. The lowest BCUT2D eigenvalue weighted by Crippen LogP contribution is -2.45. The molecule has 0 aromatic heterocycles. The third-order valence-corrected chi connectivity index (χ3v) is 3.85. The van der Waals surface area contributed by atoms with Gasteiger partial charge in [-0.1, -0.05) is 0 Å². The van der Waals surface area contributed by atoms with Gasteiger partial charge < -0.3 is 20.3 Å². The fourth-order valence-electron chi connectivity index (χ4n) is 2.65. The zero-order chi connectivity index (χ0) is 14.2. The van der Waals surface area contributed by atoms with Gasteiger partial charge in [-0.15, -0.1) is 0 Å². The van der Waals surface area contributed by atoms with E-state index in [-0.39, 0.29) is 6.10 Å². The second kappa shape index (κ2) is 8.21. The second-order valence-corrected chi connectivity index (χ2v) is 5.43. The molecule has 0 aromatic rings. The van der Waals surface area contributed by atoms with E-state index >= 15 is 0 Å². The van der Waals surface area contributed by atoms with Crippen LogP contribution in [0.25, 0.3) is 0 Å². The van der Waals surface area contributed by atoms with Gasteiger partial charge in [-0.2, -0.15) is 0 Å². The number of nitrogens with one attached hydrogen (secondary N) is 2. The Morgan fingerprint density at radius 3 is 2.90 bits per heavy atom. The summed E-state index contributed by atoms with van der Waals surface area (Å²) in [7, 11) is 0. The van der Waals surface area contributed by atoms with Crippen LogP contribution in [0.1, 0.15) is 32.1 Å². The lowest BCUT2D eigenvalue weighted by molar-refractivity contribution is -0.145. The zero-order valence-corrected chi connectivity index (χ0v) is 12.0. The predicted molar refractivity (Wildman–Crippen MR) is 75.3 cm³/mol. The van der Waals surface area contributed by atoms with Gasteiger partial charge in [0.2, 0.25) is 0 Å². The Labute approximate surface area is 120 Å². The molecular formula is C14H25N3O3. The van der Waals surface area contributed by atoms with Crippen molar-refractivity contribution >= 4 is 11.8 Å². The summed E-state index contributed by atoms with van der Waals surface area (Å²) >= 11 is 0. The van der Waals surface area contributed by atoms with Crippen LogP contribution in [-0.2, 0) is 14.3 Å². The Morgan fingerprint density at radius 1 is 1.20 bits per heavy atom. The Kier molecular flexibility index (Phi) is 6.26. The van der Waals surface area contributed by atoms with E-state index in [1.165, 1.54) is 6.42 Å². The molecule has 2 N–H and O–H groups in total. The summed E-state index contributed by atoms with van der Waals surface area (Å²) in [6.45, 7) is 4.27. The summed E-state index contributed by atoms with van der Waals surface area (Å²) in [6.07, 6.45) is 5.31. The average molecular weight is 283 g/mol. The van der Waals surface area contributed by atoms with Crippen LogP contribution >= 0.6 is 0 Å². The van der Waals surface area contributed by atoms with Crippen molar-refractivity contribution in [1.29, 1.82) is 0 Å². The fraction of sp³-hybridized carbons (Fsp3) is 0.857. The van der Waals surface area contributed by atoms with E-state index in [0.717, 1.165) is 45.4 Å². The molecule has 0 bridgehead atoms. The number of ether oxygens (including phenoxy) is 1. The quantitative estimate of drug-likeness (QED) is 0.709. The summed E-state index contributed by atoms with van der Waals surface area (Å²) in [6, 6.07) is 0. The molecule has 1 atom stereocenters. The molecule has 2 heterocycles. The topological polar surface area (TPSA) is 70.7 Å². The number of amides is 2. The minimum Gasteiger partial charge on any atom is -0.378 e. The van der Waals surface area contributed by atoms with E-state index in [0.29, 0.717) is 19.6 Å². The van der Waals surface area contributed by atoms with Gasteiger partial charge in [0, 0.05) is 32.8 Å². The highest BCUT2D eigenvalue weighted by Crippen LogP contribution is 2.14. The van der Waals surface area contributed by atoms with Gasteiger partial charge in [0.15, 0.2) is 0 Å². The van der Waals surface area contributed by atoms with Gasteiger partial charge in [-0.05, 0) is 38.6 Å². The van der Waals surface area contributed by atoms with Crippen LogP contribution < -0.4 is 10.6 Å². The molecular weight excluding hydrogens is 258 g/mol. The molecule has 0 radical (unpaired) electrons. The van der Waals surface area contributed by atoms with Crippen LogP contribution in [0.15, 0.2) is 0 Å². The molecule has 0 spiro atoms. The summed E-state index contributed by atoms with van der Waals surface area (Å²) < 4.78 is 5.60. The number of hydrogen-bond donors (Lipinski definition) is 2.